The van der Waals surface area contributed by atoms with Gasteiger partial charge in [-0.25, -0.2) is 4.98 Å². The summed E-state index contributed by atoms with van der Waals surface area (Å²) >= 11 is 0. The van der Waals surface area contributed by atoms with Gasteiger partial charge in [0.15, 0.2) is 5.96 Å². The summed E-state index contributed by atoms with van der Waals surface area (Å²) in [5, 5.41) is 6.46. The zero-order valence-electron chi connectivity index (χ0n) is 15.4. The van der Waals surface area contributed by atoms with Gasteiger partial charge in [-0.05, 0) is 18.9 Å². The number of hydrogen-bond donors (Lipinski definition) is 3. The molecule has 4 N–H and O–H groups in total. The van der Waals surface area contributed by atoms with Crippen molar-refractivity contribution in [3.8, 4) is 0 Å². The van der Waals surface area contributed by atoms with Crippen molar-refractivity contribution in [2.45, 2.75) is 19.4 Å². The van der Waals surface area contributed by atoms with E-state index in [1.54, 1.807) is 20.4 Å². The molecule has 1 fully saturated rings. The van der Waals surface area contributed by atoms with Crippen LogP contribution in [0.3, 0.4) is 0 Å². The third kappa shape index (κ3) is 6.60. The number of nitrogens with two attached hydrogens (primary N) is 1. The number of aromatic nitrogens is 1. The Kier molecular flexibility index (Phi) is 10.3. The van der Waals surface area contributed by atoms with E-state index in [0.29, 0.717) is 32.2 Å². The van der Waals surface area contributed by atoms with Crippen LogP contribution in [0, 0.1) is 5.92 Å². The number of rotatable bonds is 7. The average molecular weight is 476 g/mol. The van der Waals surface area contributed by atoms with Crippen molar-refractivity contribution in [3.63, 3.8) is 0 Å². The zero-order valence-corrected chi connectivity index (χ0v) is 17.7. The summed E-state index contributed by atoms with van der Waals surface area (Å²) in [6, 6.07) is 3.95. The Bertz CT molecular complexity index is 598. The number of hydrogen-bond acceptors (Lipinski definition) is 5. The molecule has 1 aromatic heterocycles. The van der Waals surface area contributed by atoms with E-state index in [2.05, 4.69) is 25.5 Å². The van der Waals surface area contributed by atoms with Crippen LogP contribution in [0.2, 0.25) is 0 Å². The number of methoxy groups -OCH3 is 1. The summed E-state index contributed by atoms with van der Waals surface area (Å²) in [6.45, 7) is 3.39. The predicted molar refractivity (Wildman–Crippen MR) is 114 cm³/mol. The van der Waals surface area contributed by atoms with Crippen LogP contribution in [0.15, 0.2) is 23.3 Å². The molecule has 2 rings (SSSR count). The van der Waals surface area contributed by atoms with E-state index in [1.807, 2.05) is 12.1 Å². The maximum atomic E-state index is 11.5. The number of anilines is 1. The lowest BCUT2D eigenvalue weighted by atomic mass is 9.97. The second-order valence-electron chi connectivity index (χ2n) is 6.02. The SMILES string of the molecule is CN=C(NCCOC)NCc1cccnc1N1CCCC(C(N)=O)C1.I. The molecule has 146 valence electrons. The van der Waals surface area contributed by atoms with Crippen LogP contribution < -0.4 is 21.3 Å². The lowest BCUT2D eigenvalue weighted by molar-refractivity contribution is -0.122. The van der Waals surface area contributed by atoms with E-state index in [9.17, 15) is 4.79 Å². The molecule has 0 radical (unpaired) electrons. The first kappa shape index (κ1) is 22.4. The molecule has 1 unspecified atom stereocenters. The highest BCUT2D eigenvalue weighted by atomic mass is 127. The van der Waals surface area contributed by atoms with Crippen molar-refractivity contribution in [1.29, 1.82) is 0 Å². The number of carbonyl (C=O) groups excluding carboxylic acids is 1. The Morgan fingerprint density at radius 2 is 2.31 bits per heavy atom. The van der Waals surface area contributed by atoms with Gasteiger partial charge in [0.1, 0.15) is 5.82 Å². The molecule has 1 aromatic rings. The van der Waals surface area contributed by atoms with E-state index in [-0.39, 0.29) is 35.8 Å². The standard InChI is InChI=1S/C17H28N6O2.HI/c1-19-17(21-8-10-25-2)22-11-13-5-3-7-20-16(13)23-9-4-6-14(12-23)15(18)24;/h3,5,7,14H,4,6,8-12H2,1-2H3,(H2,18,24)(H2,19,21,22);1H. The van der Waals surface area contributed by atoms with Gasteiger partial charge < -0.3 is 26.0 Å². The van der Waals surface area contributed by atoms with Crippen molar-refractivity contribution in [1.82, 2.24) is 15.6 Å². The summed E-state index contributed by atoms with van der Waals surface area (Å²) in [4.78, 5) is 22.4. The van der Waals surface area contributed by atoms with E-state index >= 15 is 0 Å². The second kappa shape index (κ2) is 11.9. The van der Waals surface area contributed by atoms with Gasteiger partial charge in [-0.15, -0.1) is 24.0 Å². The minimum Gasteiger partial charge on any atom is -0.383 e. The molecule has 0 aromatic carbocycles. The van der Waals surface area contributed by atoms with Gasteiger partial charge in [0.25, 0.3) is 0 Å². The van der Waals surface area contributed by atoms with Crippen molar-refractivity contribution >= 4 is 41.7 Å². The molecule has 2 heterocycles. The number of carbonyl (C=O) groups is 1. The fourth-order valence-electron chi connectivity index (χ4n) is 2.93. The Balaban J connectivity index is 0.00000338. The monoisotopic (exact) mass is 476 g/mol. The molecule has 1 aliphatic rings. The third-order valence-electron chi connectivity index (χ3n) is 4.26. The molecule has 9 heteroatoms. The van der Waals surface area contributed by atoms with Gasteiger partial charge in [0.05, 0.1) is 12.5 Å². The second-order valence-corrected chi connectivity index (χ2v) is 6.02. The smallest absolute Gasteiger partial charge is 0.222 e. The molecule has 0 bridgehead atoms. The molecule has 1 atom stereocenters. The molecule has 8 nitrogen and oxygen atoms in total. The largest absolute Gasteiger partial charge is 0.383 e. The molecule has 1 amide bonds. The average Bonchev–Trinajstić information content (AvgIpc) is 2.65. The highest BCUT2D eigenvalue weighted by Crippen LogP contribution is 2.24. The first-order valence-corrected chi connectivity index (χ1v) is 8.57. The van der Waals surface area contributed by atoms with E-state index < -0.39 is 0 Å². The molecule has 1 aliphatic heterocycles. The Morgan fingerprint density at radius 3 is 3.00 bits per heavy atom. The highest BCUT2D eigenvalue weighted by Gasteiger charge is 2.25. The minimum absolute atomic E-state index is 0. The third-order valence-corrected chi connectivity index (χ3v) is 4.26. The number of guanidine groups is 1. The van der Waals surface area contributed by atoms with Crippen LogP contribution >= 0.6 is 24.0 Å². The summed E-state index contributed by atoms with van der Waals surface area (Å²) in [6.07, 6.45) is 3.57. The van der Waals surface area contributed by atoms with Gasteiger partial charge in [-0.1, -0.05) is 6.07 Å². The van der Waals surface area contributed by atoms with Crippen LogP contribution in [0.4, 0.5) is 5.82 Å². The highest BCUT2D eigenvalue weighted by molar-refractivity contribution is 14.0. The number of primary amides is 1. The molecule has 1 saturated heterocycles. The minimum atomic E-state index is -0.233. The van der Waals surface area contributed by atoms with Crippen molar-refractivity contribution < 1.29 is 9.53 Å². The molecule has 0 aliphatic carbocycles. The molecule has 0 saturated carbocycles. The quantitative estimate of drug-likeness (QED) is 0.232. The number of nitrogens with one attached hydrogen (secondary N) is 2. The first-order chi connectivity index (χ1) is 12.2. The summed E-state index contributed by atoms with van der Waals surface area (Å²) in [7, 11) is 3.39. The van der Waals surface area contributed by atoms with Crippen molar-refractivity contribution in [3.05, 3.63) is 23.9 Å². The maximum Gasteiger partial charge on any atom is 0.222 e. The first-order valence-electron chi connectivity index (χ1n) is 8.57. The molecular weight excluding hydrogens is 447 g/mol. The summed E-state index contributed by atoms with van der Waals surface area (Å²) in [5.41, 5.74) is 6.55. The summed E-state index contributed by atoms with van der Waals surface area (Å²) < 4.78 is 5.03. The van der Waals surface area contributed by atoms with Crippen molar-refractivity contribution in [2.24, 2.45) is 16.6 Å². The van der Waals surface area contributed by atoms with Crippen LogP contribution in [0.1, 0.15) is 18.4 Å². The predicted octanol–water partition coefficient (Wildman–Crippen LogP) is 0.713. The Morgan fingerprint density at radius 1 is 1.50 bits per heavy atom. The Hall–Kier alpha value is -1.62. The number of halogens is 1. The number of nitrogens with zero attached hydrogens (tertiary/aromatic N) is 3. The number of aliphatic imine (C=N–C) groups is 1. The van der Waals surface area contributed by atoms with Gasteiger partial charge in [0.2, 0.25) is 5.91 Å². The van der Waals surface area contributed by atoms with Gasteiger partial charge in [-0.3, -0.25) is 9.79 Å². The number of amides is 1. The summed E-state index contributed by atoms with van der Waals surface area (Å²) in [5.74, 6) is 1.26. The number of piperidine rings is 1. The van der Waals surface area contributed by atoms with E-state index in [4.69, 9.17) is 10.5 Å². The lowest BCUT2D eigenvalue weighted by Gasteiger charge is -2.33. The van der Waals surface area contributed by atoms with Crippen LogP contribution in [-0.4, -0.2) is 57.2 Å². The van der Waals surface area contributed by atoms with E-state index in [0.717, 1.165) is 30.8 Å². The van der Waals surface area contributed by atoms with Gasteiger partial charge in [0, 0.05) is 52.1 Å². The topological polar surface area (TPSA) is 105 Å². The maximum absolute atomic E-state index is 11.5. The Labute approximate surface area is 172 Å². The van der Waals surface area contributed by atoms with Crippen molar-refractivity contribution in [2.75, 3.05) is 45.3 Å². The molecule has 26 heavy (non-hydrogen) atoms. The fraction of sp³-hybridized carbons (Fsp3) is 0.588. The lowest BCUT2D eigenvalue weighted by Crippen LogP contribution is -2.42. The number of ether oxygens (including phenoxy) is 1. The number of pyridine rings is 1. The zero-order chi connectivity index (χ0) is 18.1. The fourth-order valence-corrected chi connectivity index (χ4v) is 2.93. The molecule has 0 spiro atoms. The van der Waals surface area contributed by atoms with Crippen LogP contribution in [-0.2, 0) is 16.1 Å². The van der Waals surface area contributed by atoms with E-state index in [1.165, 1.54) is 0 Å². The van der Waals surface area contributed by atoms with Gasteiger partial charge in [-0.2, -0.15) is 0 Å². The molecular formula is C17H29IN6O2. The van der Waals surface area contributed by atoms with Crippen LogP contribution in [0.25, 0.3) is 0 Å². The van der Waals surface area contributed by atoms with Gasteiger partial charge >= 0.3 is 0 Å². The normalized spacial score (nSPS) is 17.4. The van der Waals surface area contributed by atoms with Crippen LogP contribution in [0.5, 0.6) is 0 Å².